The summed E-state index contributed by atoms with van der Waals surface area (Å²) in [6.07, 6.45) is 7.75. The van der Waals surface area contributed by atoms with Gasteiger partial charge in [0.15, 0.2) is 0 Å². The van der Waals surface area contributed by atoms with Gasteiger partial charge in [0.1, 0.15) is 5.75 Å². The van der Waals surface area contributed by atoms with Gasteiger partial charge in [-0.2, -0.15) is 0 Å². The van der Waals surface area contributed by atoms with E-state index in [9.17, 15) is 4.79 Å². The van der Waals surface area contributed by atoms with E-state index in [1.807, 2.05) is 18.3 Å². The van der Waals surface area contributed by atoms with E-state index in [1.165, 1.54) is 31.2 Å². The second kappa shape index (κ2) is 9.25. The van der Waals surface area contributed by atoms with Gasteiger partial charge >= 0.3 is 0 Å². The molecule has 1 aliphatic heterocycles. The van der Waals surface area contributed by atoms with Crippen LogP contribution in [-0.4, -0.2) is 42.1 Å². The fourth-order valence-corrected chi connectivity index (χ4v) is 5.23. The summed E-state index contributed by atoms with van der Waals surface area (Å²) in [5, 5.41) is 7.42. The zero-order valence-corrected chi connectivity index (χ0v) is 19.3. The smallest absolute Gasteiger partial charge is 0.227 e. The van der Waals surface area contributed by atoms with Crippen molar-refractivity contribution in [2.24, 2.45) is 0 Å². The van der Waals surface area contributed by atoms with Crippen LogP contribution in [0.25, 0.3) is 10.9 Å². The molecule has 2 heterocycles. The van der Waals surface area contributed by atoms with Crippen molar-refractivity contribution in [1.82, 2.24) is 15.3 Å². The van der Waals surface area contributed by atoms with Crippen molar-refractivity contribution < 1.29 is 9.53 Å². The molecule has 172 valence electrons. The lowest BCUT2D eigenvalue weighted by Crippen LogP contribution is -2.35. The number of nitrogens with zero attached hydrogens (tertiary/aromatic N) is 3. The van der Waals surface area contributed by atoms with Crippen LogP contribution in [-0.2, 0) is 4.79 Å². The molecule has 1 saturated carbocycles. The molecule has 1 amide bonds. The van der Waals surface area contributed by atoms with Gasteiger partial charge in [-0.15, -0.1) is 0 Å². The van der Waals surface area contributed by atoms with E-state index in [2.05, 4.69) is 44.8 Å². The van der Waals surface area contributed by atoms with Crippen LogP contribution >= 0.6 is 0 Å². The van der Waals surface area contributed by atoms with E-state index < -0.39 is 0 Å². The SMILES string of the molecule is COc1ccc2cnc(Nc3ccc(N4CCC(NC(C)=O)C4)cc3)nc2c1C1CCCC1. The summed E-state index contributed by atoms with van der Waals surface area (Å²) in [5.41, 5.74) is 4.30. The molecule has 5 rings (SSSR count). The number of fused-ring (bicyclic) bond motifs is 1. The van der Waals surface area contributed by atoms with Crippen LogP contribution in [0.15, 0.2) is 42.6 Å². The summed E-state index contributed by atoms with van der Waals surface area (Å²) in [6.45, 7) is 3.36. The molecule has 2 fully saturated rings. The first-order valence-electron chi connectivity index (χ1n) is 11.8. The summed E-state index contributed by atoms with van der Waals surface area (Å²) in [6, 6.07) is 12.6. The molecule has 1 aromatic heterocycles. The molecule has 1 aliphatic carbocycles. The monoisotopic (exact) mass is 445 g/mol. The first-order chi connectivity index (χ1) is 16.1. The van der Waals surface area contributed by atoms with Gasteiger partial charge in [0, 0.05) is 54.6 Å². The molecule has 3 aromatic rings. The van der Waals surface area contributed by atoms with Gasteiger partial charge in [0.05, 0.1) is 12.6 Å². The minimum Gasteiger partial charge on any atom is -0.496 e. The Balaban J connectivity index is 1.35. The number of methoxy groups -OCH3 is 1. The van der Waals surface area contributed by atoms with Crippen LogP contribution in [0, 0.1) is 0 Å². The van der Waals surface area contributed by atoms with Gasteiger partial charge < -0.3 is 20.3 Å². The van der Waals surface area contributed by atoms with Gasteiger partial charge in [0.2, 0.25) is 11.9 Å². The van der Waals surface area contributed by atoms with Crippen LogP contribution < -0.4 is 20.3 Å². The van der Waals surface area contributed by atoms with Crippen molar-refractivity contribution in [3.63, 3.8) is 0 Å². The number of anilines is 3. The molecule has 2 aromatic carbocycles. The Bertz CT molecular complexity index is 1140. The second-order valence-corrected chi connectivity index (χ2v) is 9.10. The lowest BCUT2D eigenvalue weighted by atomic mass is 9.94. The van der Waals surface area contributed by atoms with Crippen LogP contribution in [0.4, 0.5) is 17.3 Å². The average molecular weight is 446 g/mol. The maximum absolute atomic E-state index is 11.3. The highest BCUT2D eigenvalue weighted by Gasteiger charge is 2.25. The number of carbonyl (C=O) groups excluding carboxylic acids is 1. The van der Waals surface area contributed by atoms with Gasteiger partial charge in [-0.25, -0.2) is 9.97 Å². The fraction of sp³-hybridized carbons (Fsp3) is 0.423. The van der Waals surface area contributed by atoms with Crippen molar-refractivity contribution in [3.8, 4) is 5.75 Å². The number of ether oxygens (including phenoxy) is 1. The minimum absolute atomic E-state index is 0.0329. The molecule has 2 N–H and O–H groups in total. The van der Waals surface area contributed by atoms with Crippen molar-refractivity contribution in [3.05, 3.63) is 48.2 Å². The number of rotatable bonds is 6. The van der Waals surface area contributed by atoms with Crippen LogP contribution in [0.2, 0.25) is 0 Å². The highest BCUT2D eigenvalue weighted by atomic mass is 16.5. The Hall–Kier alpha value is -3.35. The second-order valence-electron chi connectivity index (χ2n) is 9.10. The molecule has 33 heavy (non-hydrogen) atoms. The lowest BCUT2D eigenvalue weighted by Gasteiger charge is -2.19. The summed E-state index contributed by atoms with van der Waals surface area (Å²) in [7, 11) is 1.74. The topological polar surface area (TPSA) is 79.4 Å². The molecule has 1 unspecified atom stereocenters. The first-order valence-corrected chi connectivity index (χ1v) is 11.8. The van der Waals surface area contributed by atoms with Gasteiger partial charge in [-0.1, -0.05) is 12.8 Å². The quantitative estimate of drug-likeness (QED) is 0.570. The van der Waals surface area contributed by atoms with E-state index >= 15 is 0 Å². The molecule has 7 nitrogen and oxygen atoms in total. The molecule has 1 atom stereocenters. The third-order valence-electron chi connectivity index (χ3n) is 6.82. The van der Waals surface area contributed by atoms with Gasteiger partial charge in [0.25, 0.3) is 0 Å². The van der Waals surface area contributed by atoms with Gasteiger partial charge in [-0.05, 0) is 61.6 Å². The normalized spacial score (nSPS) is 18.6. The summed E-state index contributed by atoms with van der Waals surface area (Å²) in [4.78, 5) is 23.1. The Kier molecular flexibility index (Phi) is 6.03. The maximum Gasteiger partial charge on any atom is 0.227 e. The molecule has 0 radical (unpaired) electrons. The number of carbonyl (C=O) groups is 1. The first kappa shape index (κ1) is 21.5. The van der Waals surface area contributed by atoms with Crippen molar-refractivity contribution >= 4 is 34.1 Å². The van der Waals surface area contributed by atoms with Crippen LogP contribution in [0.3, 0.4) is 0 Å². The van der Waals surface area contributed by atoms with E-state index in [1.54, 1.807) is 14.0 Å². The highest BCUT2D eigenvalue weighted by Crippen LogP contribution is 2.42. The Morgan fingerprint density at radius 1 is 1.09 bits per heavy atom. The Morgan fingerprint density at radius 2 is 1.88 bits per heavy atom. The molecule has 2 aliphatic rings. The number of nitrogens with one attached hydrogen (secondary N) is 2. The van der Waals surface area contributed by atoms with E-state index in [0.29, 0.717) is 11.9 Å². The summed E-state index contributed by atoms with van der Waals surface area (Å²) < 4.78 is 5.71. The predicted octanol–water partition coefficient (Wildman–Crippen LogP) is 4.75. The number of amides is 1. The molecule has 7 heteroatoms. The number of hydrogen-bond donors (Lipinski definition) is 2. The fourth-order valence-electron chi connectivity index (χ4n) is 5.23. The Morgan fingerprint density at radius 3 is 2.61 bits per heavy atom. The molecule has 0 spiro atoms. The zero-order chi connectivity index (χ0) is 22.8. The lowest BCUT2D eigenvalue weighted by molar-refractivity contribution is -0.119. The van der Waals surface area contributed by atoms with Crippen molar-refractivity contribution in [2.45, 2.75) is 51.0 Å². The van der Waals surface area contributed by atoms with E-state index in [-0.39, 0.29) is 11.9 Å². The third kappa shape index (κ3) is 4.58. The molecule has 0 bridgehead atoms. The van der Waals surface area contributed by atoms with E-state index in [4.69, 9.17) is 9.72 Å². The minimum atomic E-state index is 0.0329. The van der Waals surface area contributed by atoms with Crippen LogP contribution in [0.5, 0.6) is 5.75 Å². The molecular formula is C26H31N5O2. The zero-order valence-electron chi connectivity index (χ0n) is 19.3. The largest absolute Gasteiger partial charge is 0.496 e. The number of aromatic nitrogens is 2. The predicted molar refractivity (Wildman–Crippen MR) is 131 cm³/mol. The summed E-state index contributed by atoms with van der Waals surface area (Å²) in [5.74, 6) is 2.04. The van der Waals surface area contributed by atoms with E-state index in [0.717, 1.165) is 47.5 Å². The summed E-state index contributed by atoms with van der Waals surface area (Å²) >= 11 is 0. The average Bonchev–Trinajstić information content (AvgIpc) is 3.51. The molecular weight excluding hydrogens is 414 g/mol. The number of benzene rings is 2. The van der Waals surface area contributed by atoms with Crippen LogP contribution in [0.1, 0.15) is 50.5 Å². The highest BCUT2D eigenvalue weighted by molar-refractivity contribution is 5.85. The van der Waals surface area contributed by atoms with Gasteiger partial charge in [-0.3, -0.25) is 4.79 Å². The molecule has 1 saturated heterocycles. The van der Waals surface area contributed by atoms with Crippen molar-refractivity contribution in [1.29, 1.82) is 0 Å². The number of hydrogen-bond acceptors (Lipinski definition) is 6. The third-order valence-corrected chi connectivity index (χ3v) is 6.82. The maximum atomic E-state index is 11.3. The Labute approximate surface area is 194 Å². The van der Waals surface area contributed by atoms with Crippen molar-refractivity contribution in [2.75, 3.05) is 30.4 Å². The standard InChI is InChI=1S/C26H31N5O2/c1-17(32)28-21-13-14-31(16-21)22-10-8-20(9-11-22)29-26-27-15-19-7-12-23(33-2)24(25(19)30-26)18-5-3-4-6-18/h7-12,15,18,21H,3-6,13-14,16H2,1-2H3,(H,28,32)(H,27,29,30).